The molecule has 0 aliphatic carbocycles. The molecule has 1 aliphatic rings. The van der Waals surface area contributed by atoms with Gasteiger partial charge in [0, 0.05) is 25.0 Å². The van der Waals surface area contributed by atoms with Crippen LogP contribution < -0.4 is 5.32 Å². The molecule has 2 heterocycles. The summed E-state index contributed by atoms with van der Waals surface area (Å²) in [6, 6.07) is 9.51. The lowest BCUT2D eigenvalue weighted by Gasteiger charge is -2.41. The molecule has 0 radical (unpaired) electrons. The summed E-state index contributed by atoms with van der Waals surface area (Å²) in [5, 5.41) is 3.04. The van der Waals surface area contributed by atoms with Crippen molar-refractivity contribution in [2.75, 3.05) is 18.4 Å². The molecular weight excluding hydrogens is 321 g/mol. The number of benzene rings is 1. The highest BCUT2D eigenvalue weighted by Gasteiger charge is 2.34. The first-order valence-electron chi connectivity index (χ1n) is 8.29. The molecule has 1 aromatic heterocycles. The molecule has 5 nitrogen and oxygen atoms in total. The van der Waals surface area contributed by atoms with Gasteiger partial charge in [-0.2, -0.15) is 0 Å². The standard InChI is InChI=1S/C19H22FN3O2/c1-13-11-23(12-19(2,3)25-13)18(24)16-8-5-9-21-17(16)22-15-7-4-6-14(20)10-15/h4-10,13H,11-12H2,1-3H3,(H,21,22)/t13-/m1/s1. The van der Waals surface area contributed by atoms with E-state index in [0.29, 0.717) is 30.2 Å². The summed E-state index contributed by atoms with van der Waals surface area (Å²) in [4.78, 5) is 19.1. The zero-order valence-corrected chi connectivity index (χ0v) is 14.6. The summed E-state index contributed by atoms with van der Waals surface area (Å²) in [5.74, 6) is -0.0529. The molecule has 0 unspecified atom stereocenters. The normalized spacial score (nSPS) is 19.5. The van der Waals surface area contributed by atoms with Crippen molar-refractivity contribution in [3.63, 3.8) is 0 Å². The van der Waals surface area contributed by atoms with Crippen LogP contribution in [0.15, 0.2) is 42.6 Å². The van der Waals surface area contributed by atoms with Crippen molar-refractivity contribution in [2.45, 2.75) is 32.5 Å². The first kappa shape index (κ1) is 17.4. The Hall–Kier alpha value is -2.47. The van der Waals surface area contributed by atoms with Gasteiger partial charge in [0.05, 0.1) is 17.3 Å². The Labute approximate surface area is 146 Å². The highest BCUT2D eigenvalue weighted by molar-refractivity contribution is 5.99. The fourth-order valence-electron chi connectivity index (χ4n) is 3.16. The molecule has 1 aliphatic heterocycles. The van der Waals surface area contributed by atoms with Gasteiger partial charge in [0.1, 0.15) is 11.6 Å². The molecule has 2 aromatic rings. The van der Waals surface area contributed by atoms with E-state index < -0.39 is 5.60 Å². The second-order valence-corrected chi connectivity index (χ2v) is 6.91. The van der Waals surface area contributed by atoms with Crippen molar-refractivity contribution in [2.24, 2.45) is 0 Å². The number of ether oxygens (including phenoxy) is 1. The highest BCUT2D eigenvalue weighted by atomic mass is 19.1. The molecule has 0 spiro atoms. The number of carbonyl (C=O) groups is 1. The lowest BCUT2D eigenvalue weighted by Crippen LogP contribution is -2.53. The van der Waals surface area contributed by atoms with Crippen LogP contribution in [-0.4, -0.2) is 40.6 Å². The Morgan fingerprint density at radius 2 is 2.16 bits per heavy atom. The number of amides is 1. The number of carbonyl (C=O) groups excluding carboxylic acids is 1. The molecule has 1 saturated heterocycles. The molecule has 132 valence electrons. The van der Waals surface area contributed by atoms with Crippen molar-refractivity contribution in [1.82, 2.24) is 9.88 Å². The number of hydrogen-bond donors (Lipinski definition) is 1. The quantitative estimate of drug-likeness (QED) is 0.925. The molecule has 1 atom stereocenters. The van der Waals surface area contributed by atoms with Gasteiger partial charge in [0.2, 0.25) is 0 Å². The summed E-state index contributed by atoms with van der Waals surface area (Å²) in [7, 11) is 0. The van der Waals surface area contributed by atoms with Crippen molar-refractivity contribution in [3.8, 4) is 0 Å². The second-order valence-electron chi connectivity index (χ2n) is 6.91. The second kappa shape index (κ2) is 6.80. The molecule has 6 heteroatoms. The molecule has 0 saturated carbocycles. The first-order chi connectivity index (χ1) is 11.8. The molecule has 1 N–H and O–H groups in total. The Morgan fingerprint density at radius 3 is 2.88 bits per heavy atom. The van der Waals surface area contributed by atoms with Gasteiger partial charge >= 0.3 is 0 Å². The number of hydrogen-bond acceptors (Lipinski definition) is 4. The van der Waals surface area contributed by atoms with Crippen LogP contribution in [0.3, 0.4) is 0 Å². The number of halogens is 1. The Bertz CT molecular complexity index is 779. The number of rotatable bonds is 3. The number of anilines is 2. The topological polar surface area (TPSA) is 54.5 Å². The summed E-state index contributed by atoms with van der Waals surface area (Å²) in [6.07, 6.45) is 1.56. The minimum Gasteiger partial charge on any atom is -0.369 e. The molecular formula is C19H22FN3O2. The van der Waals surface area contributed by atoms with Crippen LogP contribution in [-0.2, 0) is 4.74 Å². The van der Waals surface area contributed by atoms with E-state index in [1.807, 2.05) is 20.8 Å². The summed E-state index contributed by atoms with van der Waals surface area (Å²) in [5.41, 5.74) is 0.603. The average molecular weight is 343 g/mol. The van der Waals surface area contributed by atoms with Gasteiger partial charge in [-0.15, -0.1) is 0 Å². The number of morpholine rings is 1. The van der Waals surface area contributed by atoms with Crippen LogP contribution in [0.1, 0.15) is 31.1 Å². The van der Waals surface area contributed by atoms with Crippen LogP contribution in [0.25, 0.3) is 0 Å². The zero-order chi connectivity index (χ0) is 18.0. The predicted octanol–water partition coefficient (Wildman–Crippen LogP) is 3.60. The van der Waals surface area contributed by atoms with Gasteiger partial charge < -0.3 is 15.0 Å². The van der Waals surface area contributed by atoms with Crippen LogP contribution in [0.5, 0.6) is 0 Å². The molecule has 3 rings (SSSR count). The zero-order valence-electron chi connectivity index (χ0n) is 14.6. The van der Waals surface area contributed by atoms with Crippen LogP contribution in [0.4, 0.5) is 15.9 Å². The van der Waals surface area contributed by atoms with Gasteiger partial charge in [-0.05, 0) is 51.1 Å². The van der Waals surface area contributed by atoms with Crippen molar-refractivity contribution >= 4 is 17.4 Å². The van der Waals surface area contributed by atoms with Gasteiger partial charge in [-0.1, -0.05) is 6.07 Å². The molecule has 25 heavy (non-hydrogen) atoms. The summed E-state index contributed by atoms with van der Waals surface area (Å²) in [6.45, 7) is 6.92. The van der Waals surface area contributed by atoms with Crippen LogP contribution in [0.2, 0.25) is 0 Å². The lowest BCUT2D eigenvalue weighted by atomic mass is 10.0. The first-order valence-corrected chi connectivity index (χ1v) is 8.29. The van der Waals surface area contributed by atoms with E-state index in [-0.39, 0.29) is 17.8 Å². The smallest absolute Gasteiger partial charge is 0.257 e. The van der Waals surface area contributed by atoms with Crippen LogP contribution >= 0.6 is 0 Å². The minimum atomic E-state index is -0.397. The van der Waals surface area contributed by atoms with E-state index in [4.69, 9.17) is 4.74 Å². The van der Waals surface area contributed by atoms with Crippen molar-refractivity contribution < 1.29 is 13.9 Å². The monoisotopic (exact) mass is 343 g/mol. The fraction of sp³-hybridized carbons (Fsp3) is 0.368. The van der Waals surface area contributed by atoms with E-state index in [2.05, 4.69) is 10.3 Å². The van der Waals surface area contributed by atoms with Crippen molar-refractivity contribution in [1.29, 1.82) is 0 Å². The highest BCUT2D eigenvalue weighted by Crippen LogP contribution is 2.25. The third kappa shape index (κ3) is 4.14. The molecule has 1 aromatic carbocycles. The third-order valence-corrected chi connectivity index (χ3v) is 3.98. The van der Waals surface area contributed by atoms with E-state index in [0.717, 1.165) is 0 Å². The average Bonchev–Trinajstić information content (AvgIpc) is 2.53. The molecule has 1 amide bonds. The Balaban J connectivity index is 1.86. The van der Waals surface area contributed by atoms with Crippen LogP contribution in [0, 0.1) is 5.82 Å². The lowest BCUT2D eigenvalue weighted by molar-refractivity contribution is -0.118. The summed E-state index contributed by atoms with van der Waals surface area (Å²) < 4.78 is 19.3. The van der Waals surface area contributed by atoms with E-state index in [1.54, 1.807) is 35.4 Å². The number of pyridine rings is 1. The Kier molecular flexibility index (Phi) is 4.72. The third-order valence-electron chi connectivity index (χ3n) is 3.98. The summed E-state index contributed by atoms with van der Waals surface area (Å²) >= 11 is 0. The SMILES string of the molecule is C[C@@H]1CN(C(=O)c2cccnc2Nc2cccc(F)c2)CC(C)(C)O1. The van der Waals surface area contributed by atoms with E-state index >= 15 is 0 Å². The Morgan fingerprint density at radius 1 is 1.36 bits per heavy atom. The number of nitrogens with zero attached hydrogens (tertiary/aromatic N) is 2. The maximum absolute atomic E-state index is 13.4. The van der Waals surface area contributed by atoms with E-state index in [1.165, 1.54) is 12.1 Å². The molecule has 0 bridgehead atoms. The van der Waals surface area contributed by atoms with Gasteiger partial charge in [-0.25, -0.2) is 9.37 Å². The van der Waals surface area contributed by atoms with E-state index in [9.17, 15) is 9.18 Å². The maximum atomic E-state index is 13.4. The largest absolute Gasteiger partial charge is 0.369 e. The maximum Gasteiger partial charge on any atom is 0.257 e. The van der Waals surface area contributed by atoms with Gasteiger partial charge in [0.15, 0.2) is 0 Å². The van der Waals surface area contributed by atoms with Gasteiger partial charge in [0.25, 0.3) is 5.91 Å². The van der Waals surface area contributed by atoms with Crippen molar-refractivity contribution in [3.05, 3.63) is 54.0 Å². The molecule has 1 fully saturated rings. The minimum absolute atomic E-state index is 0.0380. The predicted molar refractivity (Wildman–Crippen MR) is 94.4 cm³/mol. The number of nitrogens with one attached hydrogen (secondary N) is 1. The fourth-order valence-corrected chi connectivity index (χ4v) is 3.16. The van der Waals surface area contributed by atoms with Gasteiger partial charge in [-0.3, -0.25) is 4.79 Å². The number of aromatic nitrogens is 1.